The van der Waals surface area contributed by atoms with E-state index in [2.05, 4.69) is 18.3 Å². The van der Waals surface area contributed by atoms with Gasteiger partial charge in [-0.25, -0.2) is 0 Å². The summed E-state index contributed by atoms with van der Waals surface area (Å²) in [5.74, 6) is -0.160. The molecule has 3 rings (SSSR count). The number of aryl methyl sites for hydroxylation is 1. The molecule has 4 heteroatoms. The Hall–Kier alpha value is -2.10. The van der Waals surface area contributed by atoms with Crippen molar-refractivity contribution in [2.24, 2.45) is 5.92 Å². The fourth-order valence-electron chi connectivity index (χ4n) is 3.76. The van der Waals surface area contributed by atoms with Crippen LogP contribution >= 0.6 is 0 Å². The molecule has 1 fully saturated rings. The lowest BCUT2D eigenvalue weighted by atomic mass is 9.97. The lowest BCUT2D eigenvalue weighted by Gasteiger charge is -2.19. The van der Waals surface area contributed by atoms with Gasteiger partial charge in [-0.2, -0.15) is 0 Å². The van der Waals surface area contributed by atoms with Crippen molar-refractivity contribution < 1.29 is 9.59 Å². The summed E-state index contributed by atoms with van der Waals surface area (Å²) in [6, 6.07) is 7.87. The SMILES string of the molecule is CCc1ccccc1NC(=O)C1CC(=O)N(CCC2=CCCCC2)C1. The molecule has 1 unspecified atom stereocenters. The van der Waals surface area contributed by atoms with Crippen LogP contribution in [0.3, 0.4) is 0 Å². The highest BCUT2D eigenvalue weighted by atomic mass is 16.2. The standard InChI is InChI=1S/C21H28N2O2/c1-2-17-10-6-7-11-19(17)22-21(25)18-14-20(24)23(15-18)13-12-16-8-4-3-5-9-16/h6-8,10-11,18H,2-5,9,12-15H2,1H3,(H,22,25). The summed E-state index contributed by atoms with van der Waals surface area (Å²) in [6.07, 6.45) is 9.38. The highest BCUT2D eigenvalue weighted by Gasteiger charge is 2.34. The molecule has 0 saturated carbocycles. The average molecular weight is 340 g/mol. The Balaban J connectivity index is 1.54. The van der Waals surface area contributed by atoms with E-state index < -0.39 is 0 Å². The van der Waals surface area contributed by atoms with Gasteiger partial charge in [0.05, 0.1) is 5.92 Å². The van der Waals surface area contributed by atoms with Crippen LogP contribution in [0.5, 0.6) is 0 Å². The zero-order valence-electron chi connectivity index (χ0n) is 15.1. The van der Waals surface area contributed by atoms with E-state index in [0.29, 0.717) is 13.0 Å². The number of allylic oxidation sites excluding steroid dienone is 1. The second-order valence-electron chi connectivity index (χ2n) is 7.10. The van der Waals surface area contributed by atoms with Gasteiger partial charge in [-0.3, -0.25) is 9.59 Å². The number of hydrogen-bond donors (Lipinski definition) is 1. The van der Waals surface area contributed by atoms with Gasteiger partial charge < -0.3 is 10.2 Å². The van der Waals surface area contributed by atoms with Crippen LogP contribution in [0, 0.1) is 5.92 Å². The molecule has 0 bridgehead atoms. The maximum absolute atomic E-state index is 12.6. The van der Waals surface area contributed by atoms with Gasteiger partial charge in [0.2, 0.25) is 11.8 Å². The zero-order valence-corrected chi connectivity index (χ0v) is 15.1. The van der Waals surface area contributed by atoms with Gasteiger partial charge in [0.1, 0.15) is 0 Å². The number of amides is 2. The van der Waals surface area contributed by atoms with E-state index in [1.54, 1.807) is 0 Å². The Kier molecular flexibility index (Phi) is 5.90. The van der Waals surface area contributed by atoms with Gasteiger partial charge in [-0.1, -0.05) is 36.8 Å². The molecular formula is C21H28N2O2. The maximum Gasteiger partial charge on any atom is 0.229 e. The number of nitrogens with one attached hydrogen (secondary N) is 1. The molecule has 1 aliphatic carbocycles. The van der Waals surface area contributed by atoms with Crippen molar-refractivity contribution in [1.29, 1.82) is 0 Å². The van der Waals surface area contributed by atoms with Gasteiger partial charge in [0.25, 0.3) is 0 Å². The van der Waals surface area contributed by atoms with Crippen molar-refractivity contribution in [3.05, 3.63) is 41.5 Å². The number of likely N-dealkylation sites (tertiary alicyclic amines) is 1. The molecule has 0 spiro atoms. The molecule has 0 aromatic heterocycles. The molecule has 134 valence electrons. The van der Waals surface area contributed by atoms with E-state index in [0.717, 1.165) is 30.6 Å². The number of nitrogens with zero attached hydrogens (tertiary/aromatic N) is 1. The zero-order chi connectivity index (χ0) is 17.6. The highest BCUT2D eigenvalue weighted by molar-refractivity contribution is 5.97. The summed E-state index contributed by atoms with van der Waals surface area (Å²) >= 11 is 0. The molecule has 1 atom stereocenters. The molecule has 1 aromatic rings. The lowest BCUT2D eigenvalue weighted by Crippen LogP contribution is -2.29. The van der Waals surface area contributed by atoms with Crippen LogP contribution in [-0.2, 0) is 16.0 Å². The summed E-state index contributed by atoms with van der Waals surface area (Å²) in [6.45, 7) is 3.37. The van der Waals surface area contributed by atoms with Crippen LogP contribution in [0.4, 0.5) is 5.69 Å². The van der Waals surface area contributed by atoms with Gasteiger partial charge in [-0.15, -0.1) is 0 Å². The minimum absolute atomic E-state index is 0.0337. The Labute approximate surface area is 150 Å². The Bertz CT molecular complexity index is 666. The minimum Gasteiger partial charge on any atom is -0.342 e. The number of para-hydroxylation sites is 1. The molecule has 1 aliphatic heterocycles. The minimum atomic E-state index is -0.238. The van der Waals surface area contributed by atoms with Gasteiger partial charge in [-0.05, 0) is 50.2 Å². The van der Waals surface area contributed by atoms with Crippen LogP contribution in [0.1, 0.15) is 51.0 Å². The average Bonchev–Trinajstić information content (AvgIpc) is 3.02. The highest BCUT2D eigenvalue weighted by Crippen LogP contribution is 2.24. The molecule has 0 radical (unpaired) electrons. The lowest BCUT2D eigenvalue weighted by molar-refractivity contribution is -0.128. The van der Waals surface area contributed by atoms with Crippen molar-refractivity contribution >= 4 is 17.5 Å². The largest absolute Gasteiger partial charge is 0.342 e. The van der Waals surface area contributed by atoms with E-state index in [-0.39, 0.29) is 17.7 Å². The molecule has 1 N–H and O–H groups in total. The fraction of sp³-hybridized carbons (Fsp3) is 0.524. The van der Waals surface area contributed by atoms with Crippen LogP contribution in [0.15, 0.2) is 35.9 Å². The monoisotopic (exact) mass is 340 g/mol. The van der Waals surface area contributed by atoms with E-state index in [9.17, 15) is 9.59 Å². The first-order valence-corrected chi connectivity index (χ1v) is 9.52. The summed E-state index contributed by atoms with van der Waals surface area (Å²) in [5, 5.41) is 3.02. The normalized spacial score (nSPS) is 20.5. The van der Waals surface area contributed by atoms with Crippen molar-refractivity contribution in [3.63, 3.8) is 0 Å². The maximum atomic E-state index is 12.6. The predicted molar refractivity (Wildman–Crippen MR) is 100 cm³/mol. The summed E-state index contributed by atoms with van der Waals surface area (Å²) in [5.41, 5.74) is 3.47. The first-order chi connectivity index (χ1) is 12.2. The smallest absolute Gasteiger partial charge is 0.229 e. The second kappa shape index (κ2) is 8.32. The van der Waals surface area contributed by atoms with Crippen LogP contribution in [0.25, 0.3) is 0 Å². The first-order valence-electron chi connectivity index (χ1n) is 9.52. The summed E-state index contributed by atoms with van der Waals surface area (Å²) in [4.78, 5) is 26.7. The van der Waals surface area contributed by atoms with Crippen molar-refractivity contribution in [1.82, 2.24) is 4.90 Å². The van der Waals surface area contributed by atoms with E-state index >= 15 is 0 Å². The number of benzene rings is 1. The third-order valence-corrected chi connectivity index (χ3v) is 5.33. The van der Waals surface area contributed by atoms with Gasteiger partial charge in [0.15, 0.2) is 0 Å². The van der Waals surface area contributed by atoms with Crippen molar-refractivity contribution in [2.75, 3.05) is 18.4 Å². The van der Waals surface area contributed by atoms with E-state index in [4.69, 9.17) is 0 Å². The van der Waals surface area contributed by atoms with Crippen LogP contribution in [0.2, 0.25) is 0 Å². The molecule has 1 saturated heterocycles. The molecule has 2 amide bonds. The third-order valence-electron chi connectivity index (χ3n) is 5.33. The molecule has 2 aliphatic rings. The summed E-state index contributed by atoms with van der Waals surface area (Å²) in [7, 11) is 0. The quantitative estimate of drug-likeness (QED) is 0.798. The van der Waals surface area contributed by atoms with Crippen LogP contribution < -0.4 is 5.32 Å². The molecule has 1 aromatic carbocycles. The second-order valence-corrected chi connectivity index (χ2v) is 7.10. The van der Waals surface area contributed by atoms with Gasteiger partial charge >= 0.3 is 0 Å². The summed E-state index contributed by atoms with van der Waals surface area (Å²) < 4.78 is 0. The molecule has 1 heterocycles. The first kappa shape index (κ1) is 17.7. The molecule has 25 heavy (non-hydrogen) atoms. The fourth-order valence-corrected chi connectivity index (χ4v) is 3.76. The topological polar surface area (TPSA) is 49.4 Å². The predicted octanol–water partition coefficient (Wildman–Crippen LogP) is 3.93. The number of hydrogen-bond acceptors (Lipinski definition) is 2. The number of carbonyl (C=O) groups excluding carboxylic acids is 2. The Morgan fingerprint density at radius 1 is 1.28 bits per heavy atom. The number of carbonyl (C=O) groups is 2. The number of rotatable bonds is 6. The molecular weight excluding hydrogens is 312 g/mol. The number of anilines is 1. The van der Waals surface area contributed by atoms with Crippen molar-refractivity contribution in [2.45, 2.75) is 51.9 Å². The van der Waals surface area contributed by atoms with Gasteiger partial charge in [0, 0.05) is 25.2 Å². The Morgan fingerprint density at radius 2 is 2.12 bits per heavy atom. The molecule has 4 nitrogen and oxygen atoms in total. The Morgan fingerprint density at radius 3 is 2.88 bits per heavy atom. The van der Waals surface area contributed by atoms with E-state index in [1.165, 1.54) is 31.3 Å². The van der Waals surface area contributed by atoms with E-state index in [1.807, 2.05) is 29.2 Å². The van der Waals surface area contributed by atoms with Crippen molar-refractivity contribution in [3.8, 4) is 0 Å². The third kappa shape index (κ3) is 4.50. The van der Waals surface area contributed by atoms with Crippen LogP contribution in [-0.4, -0.2) is 29.8 Å².